The second-order valence-corrected chi connectivity index (χ2v) is 5.59. The molecule has 0 radical (unpaired) electrons. The lowest BCUT2D eigenvalue weighted by Gasteiger charge is -2.15. The molecule has 2 aromatic rings. The highest BCUT2D eigenvalue weighted by Gasteiger charge is 2.13. The molecule has 0 aromatic heterocycles. The SMILES string of the molecule is CCOc1cc(CNc2cccc(C(=O)O)c2C)cc(Cl)c1OC. The molecule has 0 atom stereocenters. The van der Waals surface area contributed by atoms with Crippen molar-refractivity contribution >= 4 is 23.3 Å². The number of halogens is 1. The van der Waals surface area contributed by atoms with E-state index in [4.69, 9.17) is 21.1 Å². The van der Waals surface area contributed by atoms with Crippen molar-refractivity contribution in [3.8, 4) is 11.5 Å². The summed E-state index contributed by atoms with van der Waals surface area (Å²) in [5, 5.41) is 12.9. The maximum Gasteiger partial charge on any atom is 0.336 e. The average molecular weight is 350 g/mol. The zero-order chi connectivity index (χ0) is 17.7. The number of carboxylic acids is 1. The van der Waals surface area contributed by atoms with Gasteiger partial charge in [0.25, 0.3) is 0 Å². The fourth-order valence-electron chi connectivity index (χ4n) is 2.44. The Morgan fingerprint density at radius 3 is 2.71 bits per heavy atom. The van der Waals surface area contributed by atoms with E-state index >= 15 is 0 Å². The first kappa shape index (κ1) is 17.9. The van der Waals surface area contributed by atoms with E-state index in [9.17, 15) is 9.90 Å². The van der Waals surface area contributed by atoms with E-state index in [0.717, 1.165) is 11.3 Å². The number of carbonyl (C=O) groups is 1. The van der Waals surface area contributed by atoms with Crippen molar-refractivity contribution < 1.29 is 19.4 Å². The van der Waals surface area contributed by atoms with E-state index in [-0.39, 0.29) is 5.56 Å². The average Bonchev–Trinajstić information content (AvgIpc) is 2.54. The largest absolute Gasteiger partial charge is 0.491 e. The van der Waals surface area contributed by atoms with E-state index < -0.39 is 5.97 Å². The standard InChI is InChI=1S/C18H20ClNO4/c1-4-24-16-9-12(8-14(19)17(16)23-3)10-20-15-7-5-6-13(11(15)2)18(21)22/h5-9,20H,4,10H2,1-3H3,(H,21,22). The van der Waals surface area contributed by atoms with Crippen LogP contribution in [0.2, 0.25) is 5.02 Å². The maximum absolute atomic E-state index is 11.2. The van der Waals surface area contributed by atoms with Gasteiger partial charge in [0.1, 0.15) is 0 Å². The van der Waals surface area contributed by atoms with Gasteiger partial charge in [0, 0.05) is 12.2 Å². The smallest absolute Gasteiger partial charge is 0.336 e. The van der Waals surface area contributed by atoms with Crippen LogP contribution < -0.4 is 14.8 Å². The molecule has 2 aromatic carbocycles. The van der Waals surface area contributed by atoms with Crippen molar-refractivity contribution in [2.75, 3.05) is 19.0 Å². The van der Waals surface area contributed by atoms with Gasteiger partial charge in [-0.05, 0) is 49.2 Å². The molecular formula is C18H20ClNO4. The molecule has 0 saturated heterocycles. The van der Waals surface area contributed by atoms with E-state index in [0.29, 0.717) is 35.2 Å². The summed E-state index contributed by atoms with van der Waals surface area (Å²) in [6.07, 6.45) is 0. The summed E-state index contributed by atoms with van der Waals surface area (Å²) >= 11 is 6.24. The number of hydrogen-bond acceptors (Lipinski definition) is 4. The number of rotatable bonds is 7. The van der Waals surface area contributed by atoms with E-state index in [1.54, 1.807) is 32.2 Å². The topological polar surface area (TPSA) is 67.8 Å². The van der Waals surface area contributed by atoms with Crippen molar-refractivity contribution in [2.24, 2.45) is 0 Å². The quantitative estimate of drug-likeness (QED) is 0.777. The van der Waals surface area contributed by atoms with Crippen molar-refractivity contribution in [3.63, 3.8) is 0 Å². The normalized spacial score (nSPS) is 10.3. The van der Waals surface area contributed by atoms with Crippen LogP contribution in [-0.2, 0) is 6.54 Å². The van der Waals surface area contributed by atoms with Crippen LogP contribution in [0.1, 0.15) is 28.4 Å². The Balaban J connectivity index is 2.24. The van der Waals surface area contributed by atoms with Crippen molar-refractivity contribution in [1.82, 2.24) is 0 Å². The summed E-state index contributed by atoms with van der Waals surface area (Å²) in [4.78, 5) is 11.2. The Morgan fingerprint density at radius 1 is 1.33 bits per heavy atom. The molecule has 0 aliphatic heterocycles. The third-order valence-corrected chi connectivity index (χ3v) is 3.90. The van der Waals surface area contributed by atoms with Crippen molar-refractivity contribution in [1.29, 1.82) is 0 Å². The number of methoxy groups -OCH3 is 1. The molecule has 0 heterocycles. The van der Waals surface area contributed by atoms with Gasteiger partial charge in [-0.3, -0.25) is 0 Å². The monoisotopic (exact) mass is 349 g/mol. The first-order chi connectivity index (χ1) is 11.5. The van der Waals surface area contributed by atoms with Gasteiger partial charge >= 0.3 is 5.97 Å². The first-order valence-corrected chi connectivity index (χ1v) is 7.91. The number of nitrogens with one attached hydrogen (secondary N) is 1. The molecule has 0 spiro atoms. The number of aromatic carboxylic acids is 1. The minimum absolute atomic E-state index is 0.280. The van der Waals surface area contributed by atoms with Crippen LogP contribution in [0, 0.1) is 6.92 Å². The second-order valence-electron chi connectivity index (χ2n) is 5.18. The highest BCUT2D eigenvalue weighted by Crippen LogP contribution is 2.36. The summed E-state index contributed by atoms with van der Waals surface area (Å²) < 4.78 is 10.8. The molecule has 2 N–H and O–H groups in total. The zero-order valence-corrected chi connectivity index (χ0v) is 14.6. The van der Waals surface area contributed by atoms with E-state index in [2.05, 4.69) is 5.32 Å². The summed E-state index contributed by atoms with van der Waals surface area (Å²) in [6.45, 7) is 4.65. The van der Waals surface area contributed by atoms with Gasteiger partial charge in [0.15, 0.2) is 11.5 Å². The highest BCUT2D eigenvalue weighted by molar-refractivity contribution is 6.32. The molecule has 0 amide bonds. The Morgan fingerprint density at radius 2 is 2.08 bits per heavy atom. The Hall–Kier alpha value is -2.40. The van der Waals surface area contributed by atoms with E-state index in [1.807, 2.05) is 19.1 Å². The summed E-state index contributed by atoms with van der Waals surface area (Å²) in [6, 6.07) is 8.80. The van der Waals surface area contributed by atoms with Gasteiger partial charge in [-0.25, -0.2) is 4.79 Å². The number of benzene rings is 2. The van der Waals surface area contributed by atoms with Crippen LogP contribution in [0.15, 0.2) is 30.3 Å². The molecule has 0 aliphatic carbocycles. The van der Waals surface area contributed by atoms with Crippen LogP contribution in [0.25, 0.3) is 0 Å². The molecule has 0 fully saturated rings. The molecule has 128 valence electrons. The number of carboxylic acid groups (broad SMARTS) is 1. The highest BCUT2D eigenvalue weighted by atomic mass is 35.5. The second kappa shape index (κ2) is 7.93. The molecular weight excluding hydrogens is 330 g/mol. The fraction of sp³-hybridized carbons (Fsp3) is 0.278. The lowest BCUT2D eigenvalue weighted by atomic mass is 10.1. The van der Waals surface area contributed by atoms with Gasteiger partial charge in [-0.1, -0.05) is 17.7 Å². The van der Waals surface area contributed by atoms with Crippen LogP contribution in [0.4, 0.5) is 5.69 Å². The molecule has 0 unspecified atom stereocenters. The molecule has 5 nitrogen and oxygen atoms in total. The van der Waals surface area contributed by atoms with Crippen molar-refractivity contribution in [3.05, 3.63) is 52.0 Å². The Bertz CT molecular complexity index is 746. The lowest BCUT2D eigenvalue weighted by molar-refractivity contribution is 0.0696. The van der Waals surface area contributed by atoms with Gasteiger partial charge in [0.05, 0.1) is 24.3 Å². The molecule has 0 saturated carbocycles. The summed E-state index contributed by atoms with van der Waals surface area (Å²) in [7, 11) is 1.54. The Labute approximate surface area is 146 Å². The van der Waals surface area contributed by atoms with E-state index in [1.165, 1.54) is 0 Å². The molecule has 6 heteroatoms. The lowest BCUT2D eigenvalue weighted by Crippen LogP contribution is -2.06. The van der Waals surface area contributed by atoms with Crippen LogP contribution in [0.3, 0.4) is 0 Å². The maximum atomic E-state index is 11.2. The van der Waals surface area contributed by atoms with Crippen molar-refractivity contribution in [2.45, 2.75) is 20.4 Å². The van der Waals surface area contributed by atoms with Gasteiger partial charge in [-0.2, -0.15) is 0 Å². The van der Waals surface area contributed by atoms with Crippen LogP contribution >= 0.6 is 11.6 Å². The summed E-state index contributed by atoms with van der Waals surface area (Å²) in [5.41, 5.74) is 2.64. The van der Waals surface area contributed by atoms with Gasteiger partial charge in [-0.15, -0.1) is 0 Å². The number of ether oxygens (including phenoxy) is 2. The number of hydrogen-bond donors (Lipinski definition) is 2. The zero-order valence-electron chi connectivity index (χ0n) is 13.9. The van der Waals surface area contributed by atoms with Gasteiger partial charge in [0.2, 0.25) is 0 Å². The molecule has 24 heavy (non-hydrogen) atoms. The molecule has 0 aliphatic rings. The van der Waals surface area contributed by atoms with Gasteiger partial charge < -0.3 is 19.9 Å². The predicted molar refractivity (Wildman–Crippen MR) is 94.6 cm³/mol. The van der Waals surface area contributed by atoms with Crippen LogP contribution in [-0.4, -0.2) is 24.8 Å². The minimum atomic E-state index is -0.942. The fourth-order valence-corrected chi connectivity index (χ4v) is 2.75. The summed E-state index contributed by atoms with van der Waals surface area (Å²) in [5.74, 6) is 0.147. The molecule has 0 bridgehead atoms. The minimum Gasteiger partial charge on any atom is -0.491 e. The third-order valence-electron chi connectivity index (χ3n) is 3.62. The first-order valence-electron chi connectivity index (χ1n) is 7.53. The number of anilines is 1. The third kappa shape index (κ3) is 3.92. The predicted octanol–water partition coefficient (Wildman–Crippen LogP) is 4.37. The Kier molecular flexibility index (Phi) is 5.93. The van der Waals surface area contributed by atoms with Crippen LogP contribution in [0.5, 0.6) is 11.5 Å². The molecule has 2 rings (SSSR count).